The number of sulfonamides is 1. The number of nitrogens with zero attached hydrogens (tertiary/aromatic N) is 2. The Morgan fingerprint density at radius 1 is 1.37 bits per heavy atom. The monoisotopic (exact) mass is 304 g/mol. The fourth-order valence-electron chi connectivity index (χ4n) is 1.93. The predicted molar refractivity (Wildman–Crippen MR) is 76.1 cm³/mol. The predicted octanol–water partition coefficient (Wildman–Crippen LogP) is 1.01. The highest BCUT2D eigenvalue weighted by atomic mass is 32.2. The van der Waals surface area contributed by atoms with E-state index in [0.717, 1.165) is 37.7 Å². The van der Waals surface area contributed by atoms with E-state index in [1.54, 1.807) is 13.1 Å². The second-order valence-electron chi connectivity index (χ2n) is 4.65. The molecule has 0 unspecified atom stereocenters. The molecule has 0 spiro atoms. The summed E-state index contributed by atoms with van der Waals surface area (Å²) in [6.07, 6.45) is 0. The number of aryl methyl sites for hydroxylation is 1. The number of likely N-dealkylation sites (N-methyl/N-ethyl adjacent to an activating group) is 1. The highest BCUT2D eigenvalue weighted by Gasteiger charge is 2.23. The van der Waals surface area contributed by atoms with E-state index in [4.69, 9.17) is 4.74 Å². The molecule has 108 valence electrons. The minimum atomic E-state index is -3.33. The third kappa shape index (κ3) is 3.76. The van der Waals surface area contributed by atoms with Gasteiger partial charge in [0.2, 0.25) is 0 Å². The van der Waals surface area contributed by atoms with Crippen molar-refractivity contribution < 1.29 is 13.2 Å². The second-order valence-corrected chi connectivity index (χ2v) is 8.21. The molecule has 0 atom stereocenters. The molecule has 0 saturated carbocycles. The van der Waals surface area contributed by atoms with Gasteiger partial charge in [-0.1, -0.05) is 0 Å². The third-order valence-corrected chi connectivity index (χ3v) is 6.54. The maximum atomic E-state index is 12.3. The van der Waals surface area contributed by atoms with E-state index in [-0.39, 0.29) is 0 Å². The fourth-order valence-corrected chi connectivity index (χ4v) is 4.59. The molecule has 1 aromatic rings. The smallest absolute Gasteiger partial charge is 0.252 e. The topological polar surface area (TPSA) is 49.9 Å². The van der Waals surface area contributed by atoms with Gasteiger partial charge < -0.3 is 4.74 Å². The Labute approximate surface area is 118 Å². The zero-order valence-corrected chi connectivity index (χ0v) is 13.0. The standard InChI is InChI=1S/C12H20N2O3S2/c1-11-3-4-12(18-11)19(15,16)13(2)5-6-14-7-9-17-10-8-14/h3-4H,5-10H2,1-2H3. The summed E-state index contributed by atoms with van der Waals surface area (Å²) in [5.41, 5.74) is 0. The molecule has 1 aliphatic rings. The fraction of sp³-hybridized carbons (Fsp3) is 0.667. The Bertz CT molecular complexity index is 507. The van der Waals surface area contributed by atoms with Gasteiger partial charge in [-0.2, -0.15) is 4.31 Å². The maximum Gasteiger partial charge on any atom is 0.252 e. The average Bonchev–Trinajstić information content (AvgIpc) is 2.84. The number of hydrogen-bond donors (Lipinski definition) is 0. The molecule has 7 heteroatoms. The van der Waals surface area contributed by atoms with E-state index in [2.05, 4.69) is 4.90 Å². The van der Waals surface area contributed by atoms with Crippen molar-refractivity contribution in [3.8, 4) is 0 Å². The molecule has 0 aliphatic carbocycles. The minimum absolute atomic E-state index is 0.425. The molecule has 1 aromatic heterocycles. The molecule has 5 nitrogen and oxygen atoms in total. The molecule has 2 rings (SSSR count). The van der Waals surface area contributed by atoms with Crippen LogP contribution in [0.25, 0.3) is 0 Å². The molecule has 0 aromatic carbocycles. The van der Waals surface area contributed by atoms with Crippen LogP contribution in [0.2, 0.25) is 0 Å². The van der Waals surface area contributed by atoms with E-state index in [1.165, 1.54) is 15.6 Å². The molecule has 1 saturated heterocycles. The Balaban J connectivity index is 1.93. The van der Waals surface area contributed by atoms with Gasteiger partial charge in [0.25, 0.3) is 10.0 Å². The van der Waals surface area contributed by atoms with Crippen LogP contribution in [0.4, 0.5) is 0 Å². The van der Waals surface area contributed by atoms with Gasteiger partial charge in [0.1, 0.15) is 4.21 Å². The first-order valence-electron chi connectivity index (χ1n) is 6.33. The molecular weight excluding hydrogens is 284 g/mol. The SMILES string of the molecule is Cc1ccc(S(=O)(=O)N(C)CCN2CCOCC2)s1. The lowest BCUT2D eigenvalue weighted by Crippen LogP contribution is -2.41. The van der Waals surface area contributed by atoms with E-state index < -0.39 is 10.0 Å². The van der Waals surface area contributed by atoms with Crippen LogP contribution in [0.15, 0.2) is 16.3 Å². The molecule has 1 fully saturated rings. The van der Waals surface area contributed by atoms with Gasteiger partial charge in [0.15, 0.2) is 0 Å². The largest absolute Gasteiger partial charge is 0.379 e. The normalized spacial score (nSPS) is 18.1. The van der Waals surface area contributed by atoms with Gasteiger partial charge >= 0.3 is 0 Å². The lowest BCUT2D eigenvalue weighted by atomic mass is 10.4. The quantitative estimate of drug-likeness (QED) is 0.814. The summed E-state index contributed by atoms with van der Waals surface area (Å²) in [5, 5.41) is 0. The Kier molecular flexibility index (Phi) is 4.97. The van der Waals surface area contributed by atoms with Crippen LogP contribution in [0.5, 0.6) is 0 Å². The first-order valence-corrected chi connectivity index (χ1v) is 8.58. The third-order valence-electron chi connectivity index (χ3n) is 3.22. The van der Waals surface area contributed by atoms with Crippen molar-refractivity contribution in [2.45, 2.75) is 11.1 Å². The van der Waals surface area contributed by atoms with Gasteiger partial charge in [-0.15, -0.1) is 11.3 Å². The van der Waals surface area contributed by atoms with Crippen molar-refractivity contribution in [3.63, 3.8) is 0 Å². The number of thiophene rings is 1. The van der Waals surface area contributed by atoms with Crippen molar-refractivity contribution >= 4 is 21.4 Å². The molecule has 19 heavy (non-hydrogen) atoms. The molecule has 2 heterocycles. The van der Waals surface area contributed by atoms with Gasteiger partial charge in [-0.05, 0) is 19.1 Å². The molecule has 0 bridgehead atoms. The summed E-state index contributed by atoms with van der Waals surface area (Å²) in [6.45, 7) is 6.42. The van der Waals surface area contributed by atoms with Gasteiger partial charge in [-0.3, -0.25) is 4.90 Å². The zero-order chi connectivity index (χ0) is 13.9. The van der Waals surface area contributed by atoms with Crippen LogP contribution < -0.4 is 0 Å². The van der Waals surface area contributed by atoms with Crippen molar-refractivity contribution in [3.05, 3.63) is 17.0 Å². The Hall–Kier alpha value is -0.470. The van der Waals surface area contributed by atoms with Gasteiger partial charge in [-0.25, -0.2) is 8.42 Å². The van der Waals surface area contributed by atoms with Crippen LogP contribution in [0.3, 0.4) is 0 Å². The molecule has 0 radical (unpaired) electrons. The number of hydrogen-bond acceptors (Lipinski definition) is 5. The maximum absolute atomic E-state index is 12.3. The summed E-state index contributed by atoms with van der Waals surface area (Å²) in [4.78, 5) is 3.25. The second kappa shape index (κ2) is 6.32. The zero-order valence-electron chi connectivity index (χ0n) is 11.3. The summed E-state index contributed by atoms with van der Waals surface area (Å²) >= 11 is 1.32. The van der Waals surface area contributed by atoms with Crippen LogP contribution >= 0.6 is 11.3 Å². The highest BCUT2D eigenvalue weighted by molar-refractivity contribution is 7.91. The van der Waals surface area contributed by atoms with Crippen molar-refractivity contribution in [1.29, 1.82) is 0 Å². The van der Waals surface area contributed by atoms with Crippen LogP contribution in [0.1, 0.15) is 4.88 Å². The lowest BCUT2D eigenvalue weighted by Gasteiger charge is -2.28. The molecule has 1 aliphatic heterocycles. The average molecular weight is 304 g/mol. The summed E-state index contributed by atoms with van der Waals surface area (Å²) in [5.74, 6) is 0. The van der Waals surface area contributed by atoms with Gasteiger partial charge in [0, 0.05) is 38.1 Å². The Morgan fingerprint density at radius 3 is 2.63 bits per heavy atom. The van der Waals surface area contributed by atoms with Crippen LogP contribution in [0, 0.1) is 6.92 Å². The summed E-state index contributed by atoms with van der Waals surface area (Å²) < 4.78 is 31.8. The van der Waals surface area contributed by atoms with Crippen molar-refractivity contribution in [2.24, 2.45) is 0 Å². The van der Waals surface area contributed by atoms with E-state index in [1.807, 2.05) is 13.0 Å². The van der Waals surface area contributed by atoms with Crippen molar-refractivity contribution in [2.75, 3.05) is 46.4 Å². The minimum Gasteiger partial charge on any atom is -0.379 e. The summed E-state index contributed by atoms with van der Waals surface area (Å²) in [7, 11) is -1.68. The van der Waals surface area contributed by atoms with Crippen LogP contribution in [-0.4, -0.2) is 64.1 Å². The first kappa shape index (κ1) is 14.9. The van der Waals surface area contributed by atoms with E-state index in [0.29, 0.717) is 10.8 Å². The molecular formula is C12H20N2O3S2. The number of morpholine rings is 1. The van der Waals surface area contributed by atoms with E-state index in [9.17, 15) is 8.42 Å². The van der Waals surface area contributed by atoms with E-state index >= 15 is 0 Å². The molecule has 0 amide bonds. The Morgan fingerprint density at radius 2 is 2.05 bits per heavy atom. The summed E-state index contributed by atoms with van der Waals surface area (Å²) in [6, 6.07) is 3.52. The lowest BCUT2D eigenvalue weighted by molar-refractivity contribution is 0.0368. The van der Waals surface area contributed by atoms with Gasteiger partial charge in [0.05, 0.1) is 13.2 Å². The number of ether oxygens (including phenoxy) is 1. The van der Waals surface area contributed by atoms with Crippen LogP contribution in [-0.2, 0) is 14.8 Å². The van der Waals surface area contributed by atoms with Crippen molar-refractivity contribution in [1.82, 2.24) is 9.21 Å². The highest BCUT2D eigenvalue weighted by Crippen LogP contribution is 2.23. The first-order chi connectivity index (χ1) is 9.00. The molecule has 0 N–H and O–H groups in total. The number of rotatable bonds is 5.